The standard InChI is InChI=1S/C15H21N3S/c1-12(15-7-4-10-19-15)16-11-13-8-9-18(17-13)14-5-2-3-6-14/h4,7-10,12,14,16H,2-3,5-6,11H2,1H3/t12-/m0/s1. The van der Waals surface area contributed by atoms with Crippen molar-refractivity contribution in [2.24, 2.45) is 0 Å². The van der Waals surface area contributed by atoms with Crippen molar-refractivity contribution in [3.63, 3.8) is 0 Å². The average molecular weight is 275 g/mol. The van der Waals surface area contributed by atoms with Gasteiger partial charge < -0.3 is 5.32 Å². The van der Waals surface area contributed by atoms with Crippen LogP contribution in [0.5, 0.6) is 0 Å². The van der Waals surface area contributed by atoms with Crippen LogP contribution in [0, 0.1) is 0 Å². The first-order valence-electron chi connectivity index (χ1n) is 7.14. The maximum Gasteiger partial charge on any atom is 0.0762 e. The van der Waals surface area contributed by atoms with E-state index in [0.29, 0.717) is 12.1 Å². The summed E-state index contributed by atoms with van der Waals surface area (Å²) in [5, 5.41) is 10.4. The van der Waals surface area contributed by atoms with Gasteiger partial charge in [0.2, 0.25) is 0 Å². The summed E-state index contributed by atoms with van der Waals surface area (Å²) in [6.45, 7) is 3.05. The van der Waals surface area contributed by atoms with Gasteiger partial charge in [0.15, 0.2) is 0 Å². The van der Waals surface area contributed by atoms with E-state index in [1.807, 2.05) is 0 Å². The van der Waals surface area contributed by atoms with E-state index in [-0.39, 0.29) is 0 Å². The van der Waals surface area contributed by atoms with Crippen LogP contribution in [0.3, 0.4) is 0 Å². The smallest absolute Gasteiger partial charge is 0.0762 e. The minimum absolute atomic E-state index is 0.400. The highest BCUT2D eigenvalue weighted by molar-refractivity contribution is 7.10. The summed E-state index contributed by atoms with van der Waals surface area (Å²) < 4.78 is 2.17. The highest BCUT2D eigenvalue weighted by Crippen LogP contribution is 2.28. The molecular weight excluding hydrogens is 254 g/mol. The largest absolute Gasteiger partial charge is 0.304 e. The van der Waals surface area contributed by atoms with Gasteiger partial charge in [-0.05, 0) is 37.3 Å². The average Bonchev–Trinajstić information content (AvgIpc) is 3.14. The van der Waals surface area contributed by atoms with E-state index in [1.165, 1.54) is 30.6 Å². The second-order valence-corrected chi connectivity index (χ2v) is 6.32. The third-order valence-corrected chi connectivity index (χ3v) is 4.98. The Kier molecular flexibility index (Phi) is 3.99. The molecular formula is C15H21N3S. The fraction of sp³-hybridized carbons (Fsp3) is 0.533. The molecule has 0 aliphatic heterocycles. The molecule has 0 aromatic carbocycles. The molecule has 1 aliphatic rings. The lowest BCUT2D eigenvalue weighted by atomic mass is 10.2. The first-order valence-corrected chi connectivity index (χ1v) is 8.02. The van der Waals surface area contributed by atoms with Crippen molar-refractivity contribution in [2.75, 3.05) is 0 Å². The van der Waals surface area contributed by atoms with Crippen LogP contribution in [0.1, 0.15) is 55.3 Å². The molecule has 1 N–H and O–H groups in total. The summed E-state index contributed by atoms with van der Waals surface area (Å²) >= 11 is 1.80. The zero-order chi connectivity index (χ0) is 13.1. The highest BCUT2D eigenvalue weighted by atomic mass is 32.1. The number of aromatic nitrogens is 2. The molecule has 0 spiro atoms. The predicted octanol–water partition coefficient (Wildman–Crippen LogP) is 3.91. The van der Waals surface area contributed by atoms with Crippen molar-refractivity contribution in [3.05, 3.63) is 40.3 Å². The van der Waals surface area contributed by atoms with Crippen molar-refractivity contribution in [1.82, 2.24) is 15.1 Å². The number of thiophene rings is 1. The normalized spacial score (nSPS) is 17.9. The third-order valence-electron chi connectivity index (χ3n) is 3.92. The monoisotopic (exact) mass is 275 g/mol. The molecule has 0 radical (unpaired) electrons. The first-order chi connectivity index (χ1) is 9.33. The van der Waals surface area contributed by atoms with Crippen LogP contribution >= 0.6 is 11.3 Å². The summed E-state index contributed by atoms with van der Waals surface area (Å²) in [6, 6.07) is 7.47. The summed E-state index contributed by atoms with van der Waals surface area (Å²) in [5.74, 6) is 0. The molecule has 0 amide bonds. The fourth-order valence-electron chi connectivity index (χ4n) is 2.74. The van der Waals surface area contributed by atoms with E-state index >= 15 is 0 Å². The zero-order valence-corrected chi connectivity index (χ0v) is 12.2. The van der Waals surface area contributed by atoms with Crippen LogP contribution in [0.25, 0.3) is 0 Å². The number of hydrogen-bond donors (Lipinski definition) is 1. The van der Waals surface area contributed by atoms with E-state index in [4.69, 9.17) is 5.10 Å². The fourth-order valence-corrected chi connectivity index (χ4v) is 3.50. The number of nitrogens with zero attached hydrogens (tertiary/aromatic N) is 2. The van der Waals surface area contributed by atoms with Gasteiger partial charge in [-0.1, -0.05) is 18.9 Å². The van der Waals surface area contributed by atoms with Crippen LogP contribution in [0.15, 0.2) is 29.8 Å². The highest BCUT2D eigenvalue weighted by Gasteiger charge is 2.17. The topological polar surface area (TPSA) is 29.9 Å². The van der Waals surface area contributed by atoms with Crippen molar-refractivity contribution in [1.29, 1.82) is 0 Å². The molecule has 0 saturated heterocycles. The number of hydrogen-bond acceptors (Lipinski definition) is 3. The van der Waals surface area contributed by atoms with Crippen molar-refractivity contribution in [2.45, 2.75) is 51.2 Å². The first kappa shape index (κ1) is 12.9. The second kappa shape index (κ2) is 5.88. The number of nitrogens with one attached hydrogen (secondary N) is 1. The lowest BCUT2D eigenvalue weighted by molar-refractivity contribution is 0.458. The molecule has 2 heterocycles. The molecule has 1 atom stereocenters. The molecule has 1 fully saturated rings. The van der Waals surface area contributed by atoms with Crippen LogP contribution in [0.2, 0.25) is 0 Å². The van der Waals surface area contributed by atoms with E-state index in [9.17, 15) is 0 Å². The van der Waals surface area contributed by atoms with E-state index in [0.717, 1.165) is 12.2 Å². The molecule has 2 aromatic heterocycles. The van der Waals surface area contributed by atoms with Gasteiger partial charge in [0.05, 0.1) is 11.7 Å². The van der Waals surface area contributed by atoms with Gasteiger partial charge in [-0.25, -0.2) is 0 Å². The summed E-state index contributed by atoms with van der Waals surface area (Å²) in [5.41, 5.74) is 1.15. The van der Waals surface area contributed by atoms with E-state index in [1.54, 1.807) is 11.3 Å². The molecule has 2 aromatic rings. The van der Waals surface area contributed by atoms with Gasteiger partial charge in [-0.3, -0.25) is 4.68 Å². The Morgan fingerprint density at radius 2 is 2.26 bits per heavy atom. The quantitative estimate of drug-likeness (QED) is 0.896. The van der Waals surface area contributed by atoms with Gasteiger partial charge in [0.25, 0.3) is 0 Å². The summed E-state index contributed by atoms with van der Waals surface area (Å²) in [4.78, 5) is 1.38. The lowest BCUT2D eigenvalue weighted by Crippen LogP contribution is -2.18. The van der Waals surface area contributed by atoms with Gasteiger partial charge in [0, 0.05) is 23.7 Å². The Bertz CT molecular complexity index is 497. The Labute approximate surface area is 118 Å². The van der Waals surface area contributed by atoms with Crippen molar-refractivity contribution < 1.29 is 0 Å². The van der Waals surface area contributed by atoms with Gasteiger partial charge in [-0.2, -0.15) is 5.10 Å². The molecule has 1 aliphatic carbocycles. The number of rotatable bonds is 5. The molecule has 0 bridgehead atoms. The predicted molar refractivity (Wildman–Crippen MR) is 79.3 cm³/mol. The second-order valence-electron chi connectivity index (χ2n) is 5.34. The molecule has 1 saturated carbocycles. The van der Waals surface area contributed by atoms with Gasteiger partial charge >= 0.3 is 0 Å². The van der Waals surface area contributed by atoms with Crippen molar-refractivity contribution >= 4 is 11.3 Å². The Hall–Kier alpha value is -1.13. The van der Waals surface area contributed by atoms with E-state index in [2.05, 4.69) is 46.7 Å². The maximum atomic E-state index is 4.70. The lowest BCUT2D eigenvalue weighted by Gasteiger charge is -2.11. The molecule has 19 heavy (non-hydrogen) atoms. The van der Waals surface area contributed by atoms with Crippen molar-refractivity contribution in [3.8, 4) is 0 Å². The molecule has 3 rings (SSSR count). The summed E-state index contributed by atoms with van der Waals surface area (Å²) in [7, 11) is 0. The van der Waals surface area contributed by atoms with Gasteiger partial charge in [0.1, 0.15) is 0 Å². The van der Waals surface area contributed by atoms with Crippen LogP contribution in [-0.2, 0) is 6.54 Å². The van der Waals surface area contributed by atoms with Crippen LogP contribution in [-0.4, -0.2) is 9.78 Å². The molecule has 3 nitrogen and oxygen atoms in total. The Morgan fingerprint density at radius 1 is 1.42 bits per heavy atom. The zero-order valence-electron chi connectivity index (χ0n) is 11.4. The Morgan fingerprint density at radius 3 is 3.00 bits per heavy atom. The maximum absolute atomic E-state index is 4.70. The van der Waals surface area contributed by atoms with Gasteiger partial charge in [-0.15, -0.1) is 11.3 Å². The minimum atomic E-state index is 0.400. The molecule has 102 valence electrons. The Balaban J connectivity index is 1.55. The van der Waals surface area contributed by atoms with Crippen LogP contribution < -0.4 is 5.32 Å². The van der Waals surface area contributed by atoms with E-state index < -0.39 is 0 Å². The molecule has 0 unspecified atom stereocenters. The molecule has 4 heteroatoms. The summed E-state index contributed by atoms with van der Waals surface area (Å²) in [6.07, 6.45) is 7.43. The van der Waals surface area contributed by atoms with Crippen LogP contribution in [0.4, 0.5) is 0 Å². The third kappa shape index (κ3) is 3.07. The minimum Gasteiger partial charge on any atom is -0.304 e. The SMILES string of the molecule is C[C@H](NCc1ccn(C2CCCC2)n1)c1cccs1.